The summed E-state index contributed by atoms with van der Waals surface area (Å²) in [5.74, 6) is 0. The molecule has 2 N–H and O–H groups in total. The van der Waals surface area contributed by atoms with Gasteiger partial charge in [-0.15, -0.1) is 0 Å². The summed E-state index contributed by atoms with van der Waals surface area (Å²) in [4.78, 5) is 5.37. The van der Waals surface area contributed by atoms with E-state index in [0.29, 0.717) is 6.04 Å². The quantitative estimate of drug-likeness (QED) is 0.601. The van der Waals surface area contributed by atoms with Gasteiger partial charge in [0.15, 0.2) is 0 Å². The molecule has 0 radical (unpaired) electrons. The van der Waals surface area contributed by atoms with Crippen molar-refractivity contribution in [1.29, 1.82) is 0 Å². The lowest BCUT2D eigenvalue weighted by Crippen LogP contribution is -2.71. The van der Waals surface area contributed by atoms with Gasteiger partial charge in [-0.1, -0.05) is 0 Å². The molecule has 5 heterocycles. The summed E-state index contributed by atoms with van der Waals surface area (Å²) >= 11 is 0. The van der Waals surface area contributed by atoms with Crippen molar-refractivity contribution in [2.24, 2.45) is 0 Å². The first-order valence-corrected chi connectivity index (χ1v) is 6.86. The summed E-state index contributed by atoms with van der Waals surface area (Å²) in [7, 11) is 0. The lowest BCUT2D eigenvalue weighted by molar-refractivity contribution is -0.0111. The van der Waals surface area contributed by atoms with Gasteiger partial charge in [0, 0.05) is 63.4 Å². The van der Waals surface area contributed by atoms with Crippen molar-refractivity contribution in [1.82, 2.24) is 20.4 Å². The Bertz CT molecular complexity index is 267. The van der Waals surface area contributed by atoms with Crippen molar-refractivity contribution >= 4 is 0 Å². The fourth-order valence-corrected chi connectivity index (χ4v) is 4.12. The van der Waals surface area contributed by atoms with Crippen LogP contribution in [-0.2, 0) is 0 Å². The summed E-state index contributed by atoms with van der Waals surface area (Å²) in [6.07, 6.45) is 2.76. The maximum absolute atomic E-state index is 3.80. The summed E-state index contributed by atoms with van der Waals surface area (Å²) < 4.78 is 0. The van der Waals surface area contributed by atoms with Crippen LogP contribution in [0, 0.1) is 0 Å². The molecule has 5 rings (SSSR count). The van der Waals surface area contributed by atoms with Crippen molar-refractivity contribution in [2.45, 2.75) is 37.0 Å². The van der Waals surface area contributed by atoms with Crippen LogP contribution in [0.5, 0.6) is 0 Å². The largest absolute Gasteiger partial charge is 0.309 e. The molecule has 4 atom stereocenters. The SMILES string of the molecule is C1CC2NC1CNC2C1CN2CCN1CC2. The van der Waals surface area contributed by atoms with Crippen LogP contribution in [0.15, 0.2) is 0 Å². The van der Waals surface area contributed by atoms with Gasteiger partial charge in [0.1, 0.15) is 0 Å². The van der Waals surface area contributed by atoms with Gasteiger partial charge in [0.2, 0.25) is 0 Å². The molecule has 0 amide bonds. The second-order valence-corrected chi connectivity index (χ2v) is 5.89. The fraction of sp³-hybridized carbons (Fsp3) is 1.00. The lowest BCUT2D eigenvalue weighted by Gasteiger charge is -2.52. The molecule has 0 spiro atoms. The van der Waals surface area contributed by atoms with E-state index < -0.39 is 0 Å². The van der Waals surface area contributed by atoms with E-state index in [4.69, 9.17) is 0 Å². The van der Waals surface area contributed by atoms with Gasteiger partial charge < -0.3 is 10.6 Å². The van der Waals surface area contributed by atoms with E-state index in [1.807, 2.05) is 0 Å². The fourth-order valence-electron chi connectivity index (χ4n) is 4.12. The van der Waals surface area contributed by atoms with Crippen molar-refractivity contribution < 1.29 is 0 Å². The Kier molecular flexibility index (Phi) is 2.25. The Hall–Kier alpha value is -0.160. The zero-order chi connectivity index (χ0) is 10.5. The average Bonchev–Trinajstić information content (AvgIpc) is 2.73. The number of nitrogens with zero attached hydrogens (tertiary/aromatic N) is 2. The molecule has 0 aliphatic carbocycles. The third-order valence-corrected chi connectivity index (χ3v) is 5.05. The molecule has 4 unspecified atom stereocenters. The average molecular weight is 222 g/mol. The third kappa shape index (κ3) is 1.44. The minimum Gasteiger partial charge on any atom is -0.309 e. The molecule has 5 aliphatic rings. The molecule has 4 bridgehead atoms. The second kappa shape index (κ2) is 3.67. The standard InChI is InChI=1S/C12H22N4/c1-2-10-12(13-7-9(1)14-10)11-8-15-3-5-16(11)6-4-15/h9-14H,1-8H2. The van der Waals surface area contributed by atoms with Crippen LogP contribution >= 0.6 is 0 Å². The number of hydrogen-bond donors (Lipinski definition) is 2. The Balaban J connectivity index is 1.52. The van der Waals surface area contributed by atoms with E-state index >= 15 is 0 Å². The number of rotatable bonds is 1. The molecule has 5 aliphatic heterocycles. The zero-order valence-corrected chi connectivity index (χ0v) is 9.86. The van der Waals surface area contributed by atoms with Crippen LogP contribution in [0.2, 0.25) is 0 Å². The zero-order valence-electron chi connectivity index (χ0n) is 9.86. The highest BCUT2D eigenvalue weighted by molar-refractivity contribution is 5.06. The van der Waals surface area contributed by atoms with E-state index in [1.165, 1.54) is 52.1 Å². The maximum atomic E-state index is 3.80. The molecular formula is C12H22N4. The molecule has 0 aromatic carbocycles. The van der Waals surface area contributed by atoms with E-state index in [9.17, 15) is 0 Å². The van der Waals surface area contributed by atoms with E-state index in [0.717, 1.165) is 18.1 Å². The summed E-state index contributed by atoms with van der Waals surface area (Å²) in [5, 5.41) is 7.59. The first-order chi connectivity index (χ1) is 7.90. The smallest absolute Gasteiger partial charge is 0.0392 e. The van der Waals surface area contributed by atoms with Crippen LogP contribution in [0.25, 0.3) is 0 Å². The van der Waals surface area contributed by atoms with E-state index in [-0.39, 0.29) is 0 Å². The van der Waals surface area contributed by atoms with Crippen molar-refractivity contribution in [3.05, 3.63) is 0 Å². The maximum Gasteiger partial charge on any atom is 0.0392 e. The lowest BCUT2D eigenvalue weighted by atomic mass is 9.93. The third-order valence-electron chi connectivity index (χ3n) is 5.05. The minimum atomic E-state index is 0.696. The van der Waals surface area contributed by atoms with Gasteiger partial charge >= 0.3 is 0 Å². The van der Waals surface area contributed by atoms with Crippen LogP contribution in [0.3, 0.4) is 0 Å². The molecule has 0 saturated carbocycles. The topological polar surface area (TPSA) is 30.5 Å². The number of hydrogen-bond acceptors (Lipinski definition) is 4. The van der Waals surface area contributed by atoms with Gasteiger partial charge in [-0.05, 0) is 12.8 Å². The molecule has 16 heavy (non-hydrogen) atoms. The highest BCUT2D eigenvalue weighted by atomic mass is 15.4. The van der Waals surface area contributed by atoms with E-state index in [2.05, 4.69) is 20.4 Å². The molecular weight excluding hydrogens is 200 g/mol. The molecule has 0 aromatic heterocycles. The minimum absolute atomic E-state index is 0.696. The molecule has 5 fully saturated rings. The predicted molar refractivity (Wildman–Crippen MR) is 63.5 cm³/mol. The van der Waals surface area contributed by atoms with Crippen molar-refractivity contribution in [3.8, 4) is 0 Å². The molecule has 4 heteroatoms. The highest BCUT2D eigenvalue weighted by Crippen LogP contribution is 2.26. The summed E-state index contributed by atoms with van der Waals surface area (Å²) in [6.45, 7) is 7.65. The normalized spacial score (nSPS) is 55.5. The van der Waals surface area contributed by atoms with Gasteiger partial charge in [0.25, 0.3) is 0 Å². The van der Waals surface area contributed by atoms with Gasteiger partial charge in [-0.2, -0.15) is 0 Å². The Morgan fingerprint density at radius 1 is 1.00 bits per heavy atom. The Morgan fingerprint density at radius 3 is 2.62 bits per heavy atom. The van der Waals surface area contributed by atoms with Crippen molar-refractivity contribution in [2.75, 3.05) is 39.3 Å². The number of fused-ring (bicyclic) bond motifs is 5. The number of nitrogens with one attached hydrogen (secondary N) is 2. The van der Waals surface area contributed by atoms with Crippen molar-refractivity contribution in [3.63, 3.8) is 0 Å². The summed E-state index contributed by atoms with van der Waals surface area (Å²) in [5.41, 5.74) is 0. The van der Waals surface area contributed by atoms with Gasteiger partial charge in [-0.3, -0.25) is 9.80 Å². The predicted octanol–water partition coefficient (Wildman–Crippen LogP) is -0.921. The molecule has 5 saturated heterocycles. The van der Waals surface area contributed by atoms with Gasteiger partial charge in [-0.25, -0.2) is 0 Å². The molecule has 90 valence electrons. The van der Waals surface area contributed by atoms with Gasteiger partial charge in [0.05, 0.1) is 0 Å². The highest BCUT2D eigenvalue weighted by Gasteiger charge is 2.44. The monoisotopic (exact) mass is 222 g/mol. The van der Waals surface area contributed by atoms with Crippen LogP contribution in [-0.4, -0.2) is 73.2 Å². The molecule has 0 aromatic rings. The first-order valence-electron chi connectivity index (χ1n) is 6.86. The van der Waals surface area contributed by atoms with Crippen LogP contribution in [0.4, 0.5) is 0 Å². The van der Waals surface area contributed by atoms with Crippen LogP contribution in [0.1, 0.15) is 12.8 Å². The number of piperazine rings is 4. The summed E-state index contributed by atoms with van der Waals surface area (Å²) in [6, 6.07) is 2.96. The van der Waals surface area contributed by atoms with E-state index in [1.54, 1.807) is 0 Å². The van der Waals surface area contributed by atoms with Crippen LogP contribution < -0.4 is 10.6 Å². The Morgan fingerprint density at radius 2 is 1.88 bits per heavy atom. The Labute approximate surface area is 97.3 Å². The second-order valence-electron chi connectivity index (χ2n) is 5.89. The molecule has 4 nitrogen and oxygen atoms in total. The first kappa shape index (κ1) is 9.83.